The average molecular weight is 425 g/mol. The van der Waals surface area contributed by atoms with E-state index in [1.165, 1.54) is 36.2 Å². The predicted molar refractivity (Wildman–Crippen MR) is 112 cm³/mol. The van der Waals surface area contributed by atoms with Gasteiger partial charge in [0.05, 0.1) is 6.54 Å². The molecule has 0 saturated heterocycles. The molecule has 2 rings (SSSR count). The van der Waals surface area contributed by atoms with Gasteiger partial charge in [-0.1, -0.05) is 38.7 Å². The summed E-state index contributed by atoms with van der Waals surface area (Å²) in [6, 6.07) is 3.21. The first-order valence-corrected chi connectivity index (χ1v) is 10.8. The normalized spacial score (nSPS) is 13.5. The molecule has 1 aromatic carbocycles. The van der Waals surface area contributed by atoms with Crippen molar-refractivity contribution >= 4 is 0 Å². The van der Waals surface area contributed by atoms with Crippen molar-refractivity contribution in [3.8, 4) is 0 Å². The molecule has 2 aromatic rings. The molecule has 30 heavy (non-hydrogen) atoms. The number of halogens is 2. The smallest absolute Gasteiger partial charge is 0.137 e. The Labute approximate surface area is 177 Å². The summed E-state index contributed by atoms with van der Waals surface area (Å²) in [4.78, 5) is 3.86. The highest BCUT2D eigenvalue weighted by Crippen LogP contribution is 2.26. The number of ether oxygens (including phenoxy) is 1. The third-order valence-electron chi connectivity index (χ3n) is 5.02. The molecule has 6 nitrogen and oxygen atoms in total. The largest absolute Gasteiger partial charge is 0.382 e. The number of nitrogens with zero attached hydrogens (tertiary/aromatic N) is 3. The minimum absolute atomic E-state index is 0.0118. The first kappa shape index (κ1) is 24.4. The Kier molecular flexibility index (Phi) is 10.9. The number of aliphatic hydroxyl groups is 1. The van der Waals surface area contributed by atoms with Crippen molar-refractivity contribution in [3.63, 3.8) is 0 Å². The SMILES string of the molecule is CCCCCOCCCCCCNCC(O)(Cn1cncn1)c1ccc(F)cc1F. The summed E-state index contributed by atoms with van der Waals surface area (Å²) >= 11 is 0. The van der Waals surface area contributed by atoms with E-state index in [2.05, 4.69) is 22.3 Å². The summed E-state index contributed by atoms with van der Waals surface area (Å²) in [6.07, 6.45) is 10.5. The van der Waals surface area contributed by atoms with Gasteiger partial charge in [-0.3, -0.25) is 0 Å². The number of hydrogen-bond acceptors (Lipinski definition) is 5. The van der Waals surface area contributed by atoms with Crippen LogP contribution in [0.4, 0.5) is 8.78 Å². The van der Waals surface area contributed by atoms with E-state index in [1.54, 1.807) is 0 Å². The van der Waals surface area contributed by atoms with E-state index >= 15 is 0 Å². The summed E-state index contributed by atoms with van der Waals surface area (Å²) in [5, 5.41) is 18.4. The van der Waals surface area contributed by atoms with Crippen molar-refractivity contribution in [2.45, 2.75) is 64.0 Å². The second kappa shape index (κ2) is 13.4. The lowest BCUT2D eigenvalue weighted by molar-refractivity contribution is 0.0121. The van der Waals surface area contributed by atoms with Gasteiger partial charge in [0.2, 0.25) is 0 Å². The number of rotatable bonds is 16. The van der Waals surface area contributed by atoms with Gasteiger partial charge in [0.15, 0.2) is 0 Å². The lowest BCUT2D eigenvalue weighted by Gasteiger charge is -2.29. The van der Waals surface area contributed by atoms with Gasteiger partial charge in [-0.25, -0.2) is 18.4 Å². The van der Waals surface area contributed by atoms with Crippen molar-refractivity contribution in [2.24, 2.45) is 0 Å². The maximum Gasteiger partial charge on any atom is 0.137 e. The van der Waals surface area contributed by atoms with Crippen LogP contribution in [0, 0.1) is 11.6 Å². The van der Waals surface area contributed by atoms with Crippen LogP contribution < -0.4 is 5.32 Å². The molecule has 1 unspecified atom stereocenters. The molecule has 1 atom stereocenters. The zero-order valence-corrected chi connectivity index (χ0v) is 17.8. The van der Waals surface area contributed by atoms with Crippen molar-refractivity contribution in [2.75, 3.05) is 26.3 Å². The van der Waals surface area contributed by atoms with Crippen LogP contribution in [0.15, 0.2) is 30.9 Å². The fourth-order valence-electron chi connectivity index (χ4n) is 3.34. The Bertz CT molecular complexity index is 715. The zero-order valence-electron chi connectivity index (χ0n) is 17.8. The summed E-state index contributed by atoms with van der Waals surface area (Å²) in [5.41, 5.74) is -1.54. The highest BCUT2D eigenvalue weighted by molar-refractivity contribution is 5.25. The van der Waals surface area contributed by atoms with E-state index < -0.39 is 17.2 Å². The van der Waals surface area contributed by atoms with E-state index in [-0.39, 0.29) is 18.7 Å². The molecule has 0 amide bonds. The van der Waals surface area contributed by atoms with Crippen LogP contribution in [0.25, 0.3) is 0 Å². The van der Waals surface area contributed by atoms with Gasteiger partial charge in [0, 0.05) is 31.4 Å². The van der Waals surface area contributed by atoms with E-state index in [9.17, 15) is 13.9 Å². The van der Waals surface area contributed by atoms with Crippen molar-refractivity contribution < 1.29 is 18.6 Å². The Morgan fingerprint density at radius 1 is 1.10 bits per heavy atom. The Morgan fingerprint density at radius 2 is 1.87 bits per heavy atom. The molecule has 0 radical (unpaired) electrons. The van der Waals surface area contributed by atoms with Crippen LogP contribution in [0.1, 0.15) is 57.4 Å². The van der Waals surface area contributed by atoms with Gasteiger partial charge in [-0.2, -0.15) is 5.10 Å². The lowest BCUT2D eigenvalue weighted by Crippen LogP contribution is -2.43. The van der Waals surface area contributed by atoms with Gasteiger partial charge in [0.1, 0.15) is 29.9 Å². The Hall–Kier alpha value is -1.90. The topological polar surface area (TPSA) is 72.2 Å². The van der Waals surface area contributed by atoms with Gasteiger partial charge in [0.25, 0.3) is 0 Å². The fourth-order valence-corrected chi connectivity index (χ4v) is 3.34. The molecule has 0 aliphatic heterocycles. The number of hydrogen-bond donors (Lipinski definition) is 2. The lowest BCUT2D eigenvalue weighted by atomic mass is 9.92. The zero-order chi connectivity index (χ0) is 21.7. The highest BCUT2D eigenvalue weighted by Gasteiger charge is 2.33. The second-order valence-corrected chi connectivity index (χ2v) is 7.66. The van der Waals surface area contributed by atoms with Gasteiger partial charge in [-0.15, -0.1) is 0 Å². The predicted octanol–water partition coefficient (Wildman–Crippen LogP) is 3.80. The molecule has 0 bridgehead atoms. The summed E-state index contributed by atoms with van der Waals surface area (Å²) < 4.78 is 34.7. The third-order valence-corrected chi connectivity index (χ3v) is 5.02. The minimum atomic E-state index is -1.57. The summed E-state index contributed by atoms with van der Waals surface area (Å²) in [6.45, 7) is 4.66. The standard InChI is InChI=1S/C22H34F2N4O2/c1-2-3-7-12-30-13-8-5-4-6-11-25-15-22(29,16-28-18-26-17-27-28)20-10-9-19(23)14-21(20)24/h9-10,14,17-18,25,29H,2-8,11-13,15-16H2,1H3. The molecule has 0 fully saturated rings. The third kappa shape index (κ3) is 8.45. The maximum atomic E-state index is 14.3. The molecular weight excluding hydrogens is 390 g/mol. The van der Waals surface area contributed by atoms with Crippen LogP contribution in [-0.2, 0) is 16.9 Å². The molecule has 0 spiro atoms. The van der Waals surface area contributed by atoms with E-state index in [1.807, 2.05) is 0 Å². The average Bonchev–Trinajstić information content (AvgIpc) is 3.21. The van der Waals surface area contributed by atoms with Crippen LogP contribution >= 0.6 is 0 Å². The summed E-state index contributed by atoms with van der Waals surface area (Å²) in [7, 11) is 0. The maximum absolute atomic E-state index is 14.3. The van der Waals surface area contributed by atoms with E-state index in [0.29, 0.717) is 6.54 Å². The van der Waals surface area contributed by atoms with Gasteiger partial charge >= 0.3 is 0 Å². The fraction of sp³-hybridized carbons (Fsp3) is 0.636. The summed E-state index contributed by atoms with van der Waals surface area (Å²) in [5.74, 6) is -1.46. The van der Waals surface area contributed by atoms with Gasteiger partial charge < -0.3 is 15.2 Å². The molecule has 8 heteroatoms. The monoisotopic (exact) mass is 424 g/mol. The first-order chi connectivity index (χ1) is 14.5. The van der Waals surface area contributed by atoms with E-state index in [4.69, 9.17) is 4.74 Å². The minimum Gasteiger partial charge on any atom is -0.382 e. The number of aromatic nitrogens is 3. The molecular formula is C22H34F2N4O2. The van der Waals surface area contributed by atoms with E-state index in [0.717, 1.165) is 57.5 Å². The second-order valence-electron chi connectivity index (χ2n) is 7.66. The number of nitrogens with one attached hydrogen (secondary N) is 1. The molecule has 1 aromatic heterocycles. The Morgan fingerprint density at radius 3 is 2.57 bits per heavy atom. The molecule has 0 saturated carbocycles. The first-order valence-electron chi connectivity index (χ1n) is 10.8. The van der Waals surface area contributed by atoms with Crippen molar-refractivity contribution in [3.05, 3.63) is 48.1 Å². The van der Waals surface area contributed by atoms with Crippen LogP contribution in [0.3, 0.4) is 0 Å². The molecule has 2 N–H and O–H groups in total. The van der Waals surface area contributed by atoms with Gasteiger partial charge in [-0.05, 0) is 31.9 Å². The van der Waals surface area contributed by atoms with Crippen LogP contribution in [0.2, 0.25) is 0 Å². The molecule has 1 heterocycles. The molecule has 0 aliphatic carbocycles. The van der Waals surface area contributed by atoms with Crippen LogP contribution in [-0.4, -0.2) is 46.2 Å². The van der Waals surface area contributed by atoms with Crippen molar-refractivity contribution in [1.82, 2.24) is 20.1 Å². The van der Waals surface area contributed by atoms with Crippen molar-refractivity contribution in [1.29, 1.82) is 0 Å². The highest BCUT2D eigenvalue weighted by atomic mass is 19.1. The Balaban J connectivity index is 1.73. The number of unbranched alkanes of at least 4 members (excludes halogenated alkanes) is 5. The molecule has 168 valence electrons. The van der Waals surface area contributed by atoms with Crippen LogP contribution in [0.5, 0.6) is 0 Å². The molecule has 0 aliphatic rings. The number of benzene rings is 1. The quantitative estimate of drug-likeness (QED) is 0.401.